The molecule has 1 aromatic carbocycles. The van der Waals surface area contributed by atoms with Crippen LogP contribution in [0.1, 0.15) is 46.1 Å². The molecule has 23 heavy (non-hydrogen) atoms. The van der Waals surface area contributed by atoms with Gasteiger partial charge in [-0.05, 0) is 63.6 Å². The number of benzene rings is 1. The van der Waals surface area contributed by atoms with Crippen molar-refractivity contribution in [2.75, 3.05) is 39.4 Å². The Morgan fingerprint density at radius 1 is 1.00 bits per heavy atom. The Labute approximate surface area is 142 Å². The molecule has 0 heterocycles. The molecular weight excluding hydrogens is 288 g/mol. The molecular formula is C19H34N2O2. The molecule has 0 fully saturated rings. The van der Waals surface area contributed by atoms with Crippen LogP contribution in [0.3, 0.4) is 0 Å². The molecule has 0 aliphatic rings. The first-order valence-corrected chi connectivity index (χ1v) is 9.06. The maximum Gasteiger partial charge on any atom is 0.161 e. The van der Waals surface area contributed by atoms with Crippen LogP contribution in [-0.4, -0.2) is 44.3 Å². The molecule has 0 aliphatic heterocycles. The molecule has 1 N–H and O–H groups in total. The van der Waals surface area contributed by atoms with Gasteiger partial charge in [0.1, 0.15) is 0 Å². The van der Waals surface area contributed by atoms with Crippen molar-refractivity contribution >= 4 is 0 Å². The fourth-order valence-corrected chi connectivity index (χ4v) is 2.46. The van der Waals surface area contributed by atoms with Crippen LogP contribution in [0.25, 0.3) is 0 Å². The van der Waals surface area contributed by atoms with E-state index in [1.807, 2.05) is 13.0 Å². The summed E-state index contributed by atoms with van der Waals surface area (Å²) in [6, 6.07) is 6.23. The van der Waals surface area contributed by atoms with Crippen LogP contribution in [0.2, 0.25) is 0 Å². The van der Waals surface area contributed by atoms with Gasteiger partial charge in [-0.1, -0.05) is 26.8 Å². The molecule has 0 aromatic heterocycles. The van der Waals surface area contributed by atoms with E-state index in [9.17, 15) is 0 Å². The van der Waals surface area contributed by atoms with E-state index in [2.05, 4.69) is 43.1 Å². The first-order chi connectivity index (χ1) is 11.2. The van der Waals surface area contributed by atoms with Gasteiger partial charge in [-0.15, -0.1) is 0 Å². The molecule has 0 aliphatic carbocycles. The van der Waals surface area contributed by atoms with Crippen molar-refractivity contribution in [3.8, 4) is 11.5 Å². The highest BCUT2D eigenvalue weighted by Crippen LogP contribution is 2.28. The Morgan fingerprint density at radius 3 is 2.43 bits per heavy atom. The van der Waals surface area contributed by atoms with Crippen molar-refractivity contribution in [1.29, 1.82) is 0 Å². The van der Waals surface area contributed by atoms with Gasteiger partial charge in [0.05, 0.1) is 13.2 Å². The zero-order chi connectivity index (χ0) is 16.9. The molecule has 132 valence electrons. The second-order valence-corrected chi connectivity index (χ2v) is 5.62. The Morgan fingerprint density at radius 2 is 1.78 bits per heavy atom. The third-order valence-corrected chi connectivity index (χ3v) is 3.82. The zero-order valence-electron chi connectivity index (χ0n) is 15.4. The fourth-order valence-electron chi connectivity index (χ4n) is 2.46. The van der Waals surface area contributed by atoms with Gasteiger partial charge < -0.3 is 19.7 Å². The molecule has 0 saturated heterocycles. The highest BCUT2D eigenvalue weighted by atomic mass is 16.5. The predicted molar refractivity (Wildman–Crippen MR) is 97.5 cm³/mol. The fraction of sp³-hybridized carbons (Fsp3) is 0.684. The smallest absolute Gasteiger partial charge is 0.161 e. The molecule has 0 saturated carbocycles. The SMILES string of the molecule is CCCOc1ccc(CNCCCN(CC)CC)cc1OCC. The molecule has 4 nitrogen and oxygen atoms in total. The summed E-state index contributed by atoms with van der Waals surface area (Å²) in [5.41, 5.74) is 1.24. The summed E-state index contributed by atoms with van der Waals surface area (Å²) in [7, 11) is 0. The number of rotatable bonds is 13. The normalized spacial score (nSPS) is 11.0. The van der Waals surface area contributed by atoms with Crippen LogP contribution in [0, 0.1) is 0 Å². The lowest BCUT2D eigenvalue weighted by molar-refractivity contribution is 0.276. The number of nitrogens with zero attached hydrogens (tertiary/aromatic N) is 1. The monoisotopic (exact) mass is 322 g/mol. The van der Waals surface area contributed by atoms with E-state index in [1.165, 1.54) is 12.0 Å². The summed E-state index contributed by atoms with van der Waals surface area (Å²) in [6.45, 7) is 15.3. The molecule has 1 aromatic rings. The van der Waals surface area contributed by atoms with E-state index in [-0.39, 0.29) is 0 Å². The maximum absolute atomic E-state index is 5.74. The molecule has 0 spiro atoms. The quantitative estimate of drug-likeness (QED) is 0.562. The molecule has 1 rings (SSSR count). The van der Waals surface area contributed by atoms with Crippen LogP contribution < -0.4 is 14.8 Å². The van der Waals surface area contributed by atoms with Gasteiger partial charge in [0.15, 0.2) is 11.5 Å². The first kappa shape index (κ1) is 19.8. The Hall–Kier alpha value is -1.26. The summed E-state index contributed by atoms with van der Waals surface area (Å²) in [4.78, 5) is 2.45. The Bertz CT molecular complexity index is 420. The number of nitrogens with one attached hydrogen (secondary N) is 1. The average molecular weight is 322 g/mol. The van der Waals surface area contributed by atoms with Crippen LogP contribution in [0.15, 0.2) is 18.2 Å². The lowest BCUT2D eigenvalue weighted by Gasteiger charge is -2.17. The molecule has 4 heteroatoms. The highest BCUT2D eigenvalue weighted by molar-refractivity contribution is 5.43. The van der Waals surface area contributed by atoms with Gasteiger partial charge in [0.25, 0.3) is 0 Å². The summed E-state index contributed by atoms with van der Waals surface area (Å²) in [5.74, 6) is 1.70. The highest BCUT2D eigenvalue weighted by Gasteiger charge is 2.06. The van der Waals surface area contributed by atoms with Crippen molar-refractivity contribution in [2.45, 2.75) is 47.1 Å². The summed E-state index contributed by atoms with van der Waals surface area (Å²) in [6.07, 6.45) is 2.18. The van der Waals surface area contributed by atoms with E-state index in [0.29, 0.717) is 6.61 Å². The van der Waals surface area contributed by atoms with Gasteiger partial charge in [-0.3, -0.25) is 0 Å². The summed E-state index contributed by atoms with van der Waals surface area (Å²) in [5, 5.41) is 3.51. The van der Waals surface area contributed by atoms with Crippen LogP contribution >= 0.6 is 0 Å². The van der Waals surface area contributed by atoms with Crippen molar-refractivity contribution in [1.82, 2.24) is 10.2 Å². The lowest BCUT2D eigenvalue weighted by atomic mass is 10.2. The van der Waals surface area contributed by atoms with E-state index >= 15 is 0 Å². The van der Waals surface area contributed by atoms with E-state index in [4.69, 9.17) is 9.47 Å². The molecule has 0 bridgehead atoms. The lowest BCUT2D eigenvalue weighted by Crippen LogP contribution is -2.27. The van der Waals surface area contributed by atoms with Crippen LogP contribution in [-0.2, 0) is 6.54 Å². The Kier molecular flexibility index (Phi) is 10.5. The molecule has 0 radical (unpaired) electrons. The van der Waals surface area contributed by atoms with Gasteiger partial charge in [-0.25, -0.2) is 0 Å². The second kappa shape index (κ2) is 12.2. The third-order valence-electron chi connectivity index (χ3n) is 3.82. The van der Waals surface area contributed by atoms with Crippen molar-refractivity contribution in [2.24, 2.45) is 0 Å². The standard InChI is InChI=1S/C19H34N2O2/c1-5-14-23-18-11-10-17(15-19(18)22-8-4)16-20-12-9-13-21(6-2)7-3/h10-11,15,20H,5-9,12-14,16H2,1-4H3. The minimum absolute atomic E-state index is 0.656. The molecule has 0 atom stereocenters. The van der Waals surface area contributed by atoms with E-state index in [0.717, 1.165) is 57.3 Å². The minimum Gasteiger partial charge on any atom is -0.490 e. The summed E-state index contributed by atoms with van der Waals surface area (Å²) < 4.78 is 11.4. The van der Waals surface area contributed by atoms with Gasteiger partial charge in [0, 0.05) is 6.54 Å². The Balaban J connectivity index is 2.42. The van der Waals surface area contributed by atoms with Crippen molar-refractivity contribution < 1.29 is 9.47 Å². The summed E-state index contributed by atoms with van der Waals surface area (Å²) >= 11 is 0. The van der Waals surface area contributed by atoms with Crippen LogP contribution in [0.4, 0.5) is 0 Å². The second-order valence-electron chi connectivity index (χ2n) is 5.62. The van der Waals surface area contributed by atoms with Crippen LogP contribution in [0.5, 0.6) is 11.5 Å². The zero-order valence-corrected chi connectivity index (χ0v) is 15.4. The largest absolute Gasteiger partial charge is 0.490 e. The van der Waals surface area contributed by atoms with Crippen molar-refractivity contribution in [3.63, 3.8) is 0 Å². The molecule has 0 amide bonds. The van der Waals surface area contributed by atoms with Gasteiger partial charge in [-0.2, -0.15) is 0 Å². The number of hydrogen-bond acceptors (Lipinski definition) is 4. The minimum atomic E-state index is 0.656. The third kappa shape index (κ3) is 7.71. The average Bonchev–Trinajstić information content (AvgIpc) is 2.57. The number of ether oxygens (including phenoxy) is 2. The first-order valence-electron chi connectivity index (χ1n) is 9.06. The van der Waals surface area contributed by atoms with Crippen molar-refractivity contribution in [3.05, 3.63) is 23.8 Å². The topological polar surface area (TPSA) is 33.7 Å². The van der Waals surface area contributed by atoms with Gasteiger partial charge >= 0.3 is 0 Å². The van der Waals surface area contributed by atoms with E-state index < -0.39 is 0 Å². The number of hydrogen-bond donors (Lipinski definition) is 1. The van der Waals surface area contributed by atoms with Gasteiger partial charge in [0.2, 0.25) is 0 Å². The predicted octanol–water partition coefficient (Wildman–Crippen LogP) is 3.70. The molecule has 0 unspecified atom stereocenters. The maximum atomic E-state index is 5.74. The van der Waals surface area contributed by atoms with E-state index in [1.54, 1.807) is 0 Å².